The number of carbonyl (C=O) groups excluding carboxylic acids is 2. The molecule has 6 rings (SSSR count). The third-order valence-corrected chi connectivity index (χ3v) is 15.5. The second-order valence-corrected chi connectivity index (χ2v) is 19.9. The number of nitrogens with two attached hydrogens (primary N) is 2. The van der Waals surface area contributed by atoms with Crippen LogP contribution in [0.4, 0.5) is 0 Å². The van der Waals surface area contributed by atoms with Gasteiger partial charge in [0.1, 0.15) is 36.6 Å². The number of ether oxygens (including phenoxy) is 2. The van der Waals surface area contributed by atoms with Gasteiger partial charge in [0.15, 0.2) is 36.2 Å². The Morgan fingerprint density at radius 1 is 0.567 bits per heavy atom. The molecule has 0 spiro atoms. The van der Waals surface area contributed by atoms with Gasteiger partial charge in [0.25, 0.3) is 11.8 Å². The molecule has 14 atom stereocenters. The molecule has 336 valence electrons. The third kappa shape index (κ3) is 10.6. The summed E-state index contributed by atoms with van der Waals surface area (Å²) in [7, 11) is -31.1. The smallest absolute Gasteiger partial charge is 0.387 e. The predicted molar refractivity (Wildman–Crippen MR) is 189 cm³/mol. The summed E-state index contributed by atoms with van der Waals surface area (Å²) in [5.41, 5.74) is 10.9. The molecule has 6 aliphatic heterocycles. The van der Waals surface area contributed by atoms with Gasteiger partial charge in [0, 0.05) is 0 Å². The van der Waals surface area contributed by atoms with Crippen molar-refractivity contribution in [3.8, 4) is 0 Å². The summed E-state index contributed by atoms with van der Waals surface area (Å²) in [6.07, 6.45) is -12.2. The molecule has 35 nitrogen and oxygen atoms in total. The summed E-state index contributed by atoms with van der Waals surface area (Å²) in [6.45, 7) is -2.47. The standard InChI is InChI=1S/C20H29N10O24P5.H3N/c21-19-25-13-7(15(35)27-19)23-3-29(13)17-11(33)9(31)5(49-17)1-47-55(37,38)51-57(41,42)53-59(45,46)54-58(43,44)52-56(39,40)48-2-6-10(32)12(34)18(50-6)30-4-24-8-14(30)26-20(22)28-16(8)36;/h3-12,17-18,31-34H,1-2H2,(H,37,38)(H,39,40)(H,41,42)(H,43,44)(H,45,46)(H2,21,27,35)(H2,22,28,36);1H3/p+1. The van der Waals surface area contributed by atoms with E-state index in [9.17, 15) is 77.3 Å². The Hall–Kier alpha value is -3.01. The van der Waals surface area contributed by atoms with E-state index in [1.54, 1.807) is 0 Å². The van der Waals surface area contributed by atoms with Gasteiger partial charge in [-0.3, -0.25) is 38.4 Å². The number of amides is 2. The van der Waals surface area contributed by atoms with E-state index in [4.69, 9.17) is 20.9 Å². The molecule has 0 bridgehead atoms. The van der Waals surface area contributed by atoms with Crippen molar-refractivity contribution in [3.05, 3.63) is 0 Å². The number of carbonyl (C=O) groups is 2. The predicted octanol–water partition coefficient (Wildman–Crippen LogP) is -5.21. The van der Waals surface area contributed by atoms with Crippen LogP contribution in [0, 0.1) is 0 Å². The molecular weight excluding hydrogens is 933 g/mol. The molecule has 14 unspecified atom stereocenters. The summed E-state index contributed by atoms with van der Waals surface area (Å²) in [5.74, 6) is -2.91. The maximum atomic E-state index is 12.4. The van der Waals surface area contributed by atoms with Crippen molar-refractivity contribution in [2.45, 2.75) is 61.2 Å². The average molecular weight is 966 g/mol. The fourth-order valence-electron chi connectivity index (χ4n) is 5.56. The number of aliphatic hydroxyl groups excluding tert-OH is 4. The second-order valence-electron chi connectivity index (χ2n) is 12.1. The molecule has 6 aliphatic rings. The van der Waals surface area contributed by atoms with Gasteiger partial charge >= 0.3 is 39.1 Å². The van der Waals surface area contributed by atoms with Crippen LogP contribution in [-0.2, 0) is 68.2 Å². The summed E-state index contributed by atoms with van der Waals surface area (Å²) < 4.78 is 96.4. The van der Waals surface area contributed by atoms with Crippen LogP contribution in [0.2, 0.25) is 0 Å². The molecule has 40 heteroatoms. The number of aliphatic imine (C=N–C) groups is 6. The highest BCUT2D eigenvalue weighted by molar-refractivity contribution is 7.71. The zero-order chi connectivity index (χ0) is 43.6. The van der Waals surface area contributed by atoms with Gasteiger partial charge in [0.2, 0.25) is 11.9 Å². The Morgan fingerprint density at radius 3 is 1.22 bits per heavy atom. The van der Waals surface area contributed by atoms with Crippen LogP contribution < -0.4 is 17.6 Å². The van der Waals surface area contributed by atoms with E-state index in [1.807, 2.05) is 0 Å². The van der Waals surface area contributed by atoms with Crippen LogP contribution in [0.5, 0.6) is 0 Å². The number of phosphoric acid groups is 5. The molecule has 60 heavy (non-hydrogen) atoms. The first-order chi connectivity index (χ1) is 27.2. The maximum Gasteiger partial charge on any atom is 0.490 e. The topological polar surface area (TPSA) is 545 Å². The highest BCUT2D eigenvalue weighted by Crippen LogP contribution is 2.73. The lowest BCUT2D eigenvalue weighted by Crippen LogP contribution is -2.49. The Bertz CT molecular complexity index is 2060. The van der Waals surface area contributed by atoms with Gasteiger partial charge < -0.3 is 72.0 Å². The molecule has 0 aromatic rings. The first-order valence-corrected chi connectivity index (χ1v) is 23.0. The molecule has 2 saturated heterocycles. The van der Waals surface area contributed by atoms with Crippen LogP contribution >= 0.6 is 39.1 Å². The van der Waals surface area contributed by atoms with Crippen molar-refractivity contribution in [2.75, 3.05) is 13.2 Å². The van der Waals surface area contributed by atoms with Crippen molar-refractivity contribution in [1.82, 2.24) is 16.0 Å². The van der Waals surface area contributed by atoms with Crippen molar-refractivity contribution in [2.24, 2.45) is 41.4 Å². The largest absolute Gasteiger partial charge is 0.490 e. The number of quaternary nitrogens is 1. The molecule has 0 aromatic carbocycles. The Morgan fingerprint density at radius 2 is 0.883 bits per heavy atom. The van der Waals surface area contributed by atoms with E-state index < -0.39 is 137 Å². The lowest BCUT2D eigenvalue weighted by Gasteiger charge is -2.27. The van der Waals surface area contributed by atoms with E-state index in [2.05, 4.69) is 56.2 Å². The average Bonchev–Trinajstić information content (AvgIpc) is 3.82. The summed E-state index contributed by atoms with van der Waals surface area (Å²) in [4.78, 5) is 97.5. The van der Waals surface area contributed by atoms with Crippen LogP contribution in [-0.4, -0.2) is 177 Å². The quantitative estimate of drug-likeness (QED) is 0.0643. The monoisotopic (exact) mass is 966 g/mol. The number of amidine groups is 2. The molecular formula is C20H33N11O24P5+. The molecule has 17 N–H and O–H groups in total. The summed E-state index contributed by atoms with van der Waals surface area (Å²) >= 11 is 0. The van der Waals surface area contributed by atoms with E-state index in [0.717, 1.165) is 22.5 Å². The van der Waals surface area contributed by atoms with Crippen LogP contribution in [0.1, 0.15) is 0 Å². The van der Waals surface area contributed by atoms with Gasteiger partial charge in [0.05, 0.1) is 25.9 Å². The van der Waals surface area contributed by atoms with Crippen LogP contribution in [0.15, 0.2) is 30.0 Å². The van der Waals surface area contributed by atoms with E-state index in [0.29, 0.717) is 0 Å². The highest BCUT2D eigenvalue weighted by atomic mass is 31.3. The molecule has 0 radical (unpaired) electrons. The van der Waals surface area contributed by atoms with Crippen LogP contribution in [0.25, 0.3) is 0 Å². The normalized spacial score (nSPS) is 36.1. The van der Waals surface area contributed by atoms with Crippen LogP contribution in [0.3, 0.4) is 0 Å². The number of aliphatic hydroxyl groups is 4. The van der Waals surface area contributed by atoms with Crippen molar-refractivity contribution in [1.29, 1.82) is 0 Å². The number of fused-ring (bicyclic) bond motifs is 2. The number of guanidine groups is 2. The van der Waals surface area contributed by atoms with Gasteiger partial charge in [-0.2, -0.15) is 37.2 Å². The van der Waals surface area contributed by atoms with Crippen molar-refractivity contribution in [3.63, 3.8) is 0 Å². The Labute approximate surface area is 331 Å². The van der Waals surface area contributed by atoms with Gasteiger partial charge in [-0.05, 0) is 0 Å². The minimum absolute atomic E-state index is 0. The summed E-state index contributed by atoms with van der Waals surface area (Å²) in [5, 5.41) is 41.8. The first kappa shape index (κ1) is 48.0. The lowest BCUT2D eigenvalue weighted by atomic mass is 10.1. The van der Waals surface area contributed by atoms with E-state index >= 15 is 0 Å². The van der Waals surface area contributed by atoms with Gasteiger partial charge in [-0.15, -0.1) is 0 Å². The zero-order valence-electron chi connectivity index (χ0n) is 29.5. The third-order valence-electron chi connectivity index (χ3n) is 7.93. The van der Waals surface area contributed by atoms with E-state index in [-0.39, 0.29) is 17.8 Å². The molecule has 6 heterocycles. The Balaban J connectivity index is 0.00000683. The lowest BCUT2D eigenvalue weighted by molar-refractivity contribution is -0.118. The molecule has 0 aromatic heterocycles. The van der Waals surface area contributed by atoms with E-state index in [1.165, 1.54) is 0 Å². The second kappa shape index (κ2) is 17.3. The van der Waals surface area contributed by atoms with Gasteiger partial charge in [-0.1, -0.05) is 0 Å². The maximum absolute atomic E-state index is 12.4. The SMILES string of the molecule is NC1=NC(=O)C2N=CN(C3OC(COP(=O)(O)OP(=O)(O)OP(=O)(O)OP(=O)(O)OP(=O)(O)OCC4OC(N5C=NC6C(=O)N=C(N)N=C65)C(O)C4O)C(O)C3O)C2=N1.[NH4+]. The molecule has 2 amide bonds. The molecule has 0 saturated carbocycles. The molecule has 2 fully saturated rings. The number of hydrogen-bond donors (Lipinski definition) is 12. The number of nitrogens with zero attached hydrogens (tertiary/aromatic N) is 8. The summed E-state index contributed by atoms with van der Waals surface area (Å²) in [6, 6.07) is -2.53. The fourth-order valence-corrected chi connectivity index (χ4v) is 11.9. The molecule has 0 aliphatic carbocycles. The zero-order valence-corrected chi connectivity index (χ0v) is 33.9. The Kier molecular flexibility index (Phi) is 13.8. The number of phosphoric ester groups is 2. The highest BCUT2D eigenvalue weighted by Gasteiger charge is 2.53. The number of hydrogen-bond acceptors (Lipinski definition) is 27. The van der Waals surface area contributed by atoms with Crippen molar-refractivity contribution >= 4 is 87.2 Å². The fraction of sp³-hybridized carbons (Fsp3) is 0.600. The van der Waals surface area contributed by atoms with Crippen molar-refractivity contribution < 1.29 is 113 Å². The first-order valence-electron chi connectivity index (χ1n) is 15.6. The minimum Gasteiger partial charge on any atom is -0.387 e. The van der Waals surface area contributed by atoms with Gasteiger partial charge in [-0.25, -0.2) is 22.8 Å². The number of rotatable bonds is 16. The minimum atomic E-state index is -6.49.